The minimum Gasteiger partial charge on any atom is -0.326 e. The monoisotopic (exact) mass is 262 g/mol. The summed E-state index contributed by atoms with van der Waals surface area (Å²) in [5, 5.41) is 1.08. The van der Waals surface area contributed by atoms with E-state index in [1.807, 2.05) is 13.0 Å². The van der Waals surface area contributed by atoms with Crippen LogP contribution in [0.15, 0.2) is 16.9 Å². The Morgan fingerprint density at radius 2 is 2.11 bits per heavy atom. The highest BCUT2D eigenvalue weighted by Crippen LogP contribution is 2.30. The predicted molar refractivity (Wildman–Crippen MR) is 76.3 cm³/mol. The van der Waals surface area contributed by atoms with Gasteiger partial charge in [0, 0.05) is 22.2 Å². The molecule has 2 rings (SSSR count). The lowest BCUT2D eigenvalue weighted by Gasteiger charge is -2.07. The molecule has 0 atom stereocenters. The first-order valence-electron chi connectivity index (χ1n) is 6.34. The van der Waals surface area contributed by atoms with Crippen LogP contribution in [0.2, 0.25) is 0 Å². The Morgan fingerprint density at radius 3 is 2.78 bits per heavy atom. The zero-order chi connectivity index (χ0) is 13.1. The van der Waals surface area contributed by atoms with Gasteiger partial charge in [-0.15, -0.1) is 11.3 Å². The average Bonchev–Trinajstić information content (AvgIpc) is 2.71. The fourth-order valence-electron chi connectivity index (χ4n) is 2.11. The highest BCUT2D eigenvalue weighted by atomic mass is 32.1. The Labute approximate surface area is 111 Å². The maximum Gasteiger partial charge on any atom is 0.248 e. The van der Waals surface area contributed by atoms with E-state index in [-0.39, 0.29) is 5.56 Å². The summed E-state index contributed by atoms with van der Waals surface area (Å²) in [6.07, 6.45) is 2.87. The van der Waals surface area contributed by atoms with Gasteiger partial charge in [-0.1, -0.05) is 20.3 Å². The van der Waals surface area contributed by atoms with Gasteiger partial charge in [0.1, 0.15) is 0 Å². The van der Waals surface area contributed by atoms with Crippen LogP contribution in [0.3, 0.4) is 0 Å². The maximum absolute atomic E-state index is 11.4. The number of hydrogen-bond donors (Lipinski definition) is 1. The molecule has 96 valence electrons. The molecule has 0 fully saturated rings. The van der Waals surface area contributed by atoms with Crippen LogP contribution in [0, 0.1) is 6.92 Å². The molecule has 18 heavy (non-hydrogen) atoms. The van der Waals surface area contributed by atoms with E-state index in [0.717, 1.165) is 41.2 Å². The van der Waals surface area contributed by atoms with Crippen molar-refractivity contribution < 1.29 is 0 Å². The second-order valence-corrected chi connectivity index (χ2v) is 5.61. The minimum atomic E-state index is -0.0350. The van der Waals surface area contributed by atoms with Crippen LogP contribution in [0.1, 0.15) is 35.8 Å². The zero-order valence-corrected chi connectivity index (χ0v) is 11.9. The normalized spacial score (nSPS) is 10.8. The smallest absolute Gasteiger partial charge is 0.248 e. The molecule has 0 amide bonds. The first-order valence-corrected chi connectivity index (χ1v) is 7.16. The number of H-pyrrole nitrogens is 1. The van der Waals surface area contributed by atoms with E-state index in [9.17, 15) is 4.79 Å². The third-order valence-corrected chi connectivity index (χ3v) is 4.00. The van der Waals surface area contributed by atoms with Crippen molar-refractivity contribution in [1.82, 2.24) is 9.97 Å². The van der Waals surface area contributed by atoms with Gasteiger partial charge in [-0.2, -0.15) is 0 Å². The molecule has 0 bridgehead atoms. The fourth-order valence-corrected chi connectivity index (χ4v) is 3.00. The third kappa shape index (κ3) is 2.53. The summed E-state index contributed by atoms with van der Waals surface area (Å²) >= 11 is 1.74. The van der Waals surface area contributed by atoms with E-state index in [1.165, 1.54) is 4.88 Å². The first-order chi connectivity index (χ1) is 8.65. The van der Waals surface area contributed by atoms with Crippen LogP contribution in [0.4, 0.5) is 0 Å². The molecule has 0 unspecified atom stereocenters. The summed E-state index contributed by atoms with van der Waals surface area (Å²) in [6, 6.07) is 3.49. The lowest BCUT2D eigenvalue weighted by atomic mass is 10.1. The van der Waals surface area contributed by atoms with E-state index >= 15 is 0 Å². The molecule has 0 spiro atoms. The molecular weight excluding hydrogens is 244 g/mol. The van der Waals surface area contributed by atoms with Crippen LogP contribution in [0.25, 0.3) is 11.3 Å². The molecule has 0 aliphatic rings. The summed E-state index contributed by atoms with van der Waals surface area (Å²) in [5.41, 5.74) is 3.09. The molecule has 0 aliphatic heterocycles. The lowest BCUT2D eigenvalue weighted by molar-refractivity contribution is 0.876. The molecular formula is C14H18N2OS. The number of hydrogen-bond acceptors (Lipinski definition) is 3. The van der Waals surface area contributed by atoms with Crippen molar-refractivity contribution >= 4 is 11.3 Å². The van der Waals surface area contributed by atoms with Gasteiger partial charge in [-0.3, -0.25) is 4.79 Å². The quantitative estimate of drug-likeness (QED) is 0.918. The van der Waals surface area contributed by atoms with Gasteiger partial charge < -0.3 is 4.98 Å². The molecule has 3 nitrogen and oxygen atoms in total. The van der Waals surface area contributed by atoms with Gasteiger partial charge in [0.15, 0.2) is 0 Å². The second kappa shape index (κ2) is 5.48. The molecule has 0 aromatic carbocycles. The number of pyridine rings is 1. The number of thiazole rings is 1. The van der Waals surface area contributed by atoms with Crippen LogP contribution in [-0.4, -0.2) is 9.97 Å². The summed E-state index contributed by atoms with van der Waals surface area (Å²) < 4.78 is 0. The van der Waals surface area contributed by atoms with E-state index in [4.69, 9.17) is 0 Å². The number of nitrogens with one attached hydrogen (secondary N) is 1. The second-order valence-electron chi connectivity index (χ2n) is 4.32. The average molecular weight is 262 g/mol. The van der Waals surface area contributed by atoms with E-state index in [1.54, 1.807) is 17.4 Å². The number of nitrogens with zero attached hydrogens (tertiary/aromatic N) is 1. The highest BCUT2D eigenvalue weighted by molar-refractivity contribution is 7.12. The third-order valence-electron chi connectivity index (χ3n) is 2.88. The Hall–Kier alpha value is -1.42. The summed E-state index contributed by atoms with van der Waals surface area (Å²) in [4.78, 5) is 20.3. The van der Waals surface area contributed by atoms with Crippen LogP contribution in [0.5, 0.6) is 0 Å². The summed E-state index contributed by atoms with van der Waals surface area (Å²) in [6.45, 7) is 6.28. The molecule has 0 radical (unpaired) electrons. The van der Waals surface area contributed by atoms with Gasteiger partial charge >= 0.3 is 0 Å². The predicted octanol–water partition coefficient (Wildman–Crippen LogP) is 3.32. The van der Waals surface area contributed by atoms with Crippen molar-refractivity contribution in [3.63, 3.8) is 0 Å². The molecule has 2 aromatic heterocycles. The van der Waals surface area contributed by atoms with Crippen LogP contribution < -0.4 is 5.56 Å². The van der Waals surface area contributed by atoms with Crippen LogP contribution >= 0.6 is 11.3 Å². The van der Waals surface area contributed by atoms with Crippen molar-refractivity contribution in [2.45, 2.75) is 40.0 Å². The number of rotatable bonds is 4. The largest absolute Gasteiger partial charge is 0.326 e. The van der Waals surface area contributed by atoms with Crippen molar-refractivity contribution in [1.29, 1.82) is 0 Å². The maximum atomic E-state index is 11.4. The van der Waals surface area contributed by atoms with Gasteiger partial charge in [0.05, 0.1) is 10.7 Å². The number of aromatic amines is 1. The topological polar surface area (TPSA) is 45.8 Å². The Bertz CT molecular complexity index is 598. The Balaban J connectivity index is 2.58. The molecule has 0 aliphatic carbocycles. The highest BCUT2D eigenvalue weighted by Gasteiger charge is 2.13. The van der Waals surface area contributed by atoms with Gasteiger partial charge in [-0.05, 0) is 25.8 Å². The fraction of sp³-hybridized carbons (Fsp3) is 0.429. The standard InChI is InChI=1S/C14H18N2OS/c1-4-6-11-10(7-8-13(17)16-11)14-12(5-2)18-9(3)15-14/h7-8H,4-6H2,1-3H3,(H,16,17). The van der Waals surface area contributed by atoms with E-state index in [2.05, 4.69) is 23.8 Å². The van der Waals surface area contributed by atoms with E-state index < -0.39 is 0 Å². The van der Waals surface area contributed by atoms with Crippen molar-refractivity contribution in [3.8, 4) is 11.3 Å². The summed E-state index contributed by atoms with van der Waals surface area (Å²) in [5.74, 6) is 0. The number of aromatic nitrogens is 2. The molecule has 0 saturated carbocycles. The molecule has 0 saturated heterocycles. The van der Waals surface area contributed by atoms with Crippen molar-refractivity contribution in [2.75, 3.05) is 0 Å². The SMILES string of the molecule is CCCc1[nH]c(=O)ccc1-c1nc(C)sc1CC. The molecule has 1 N–H and O–H groups in total. The zero-order valence-electron chi connectivity index (χ0n) is 11.0. The summed E-state index contributed by atoms with van der Waals surface area (Å²) in [7, 11) is 0. The van der Waals surface area contributed by atoms with Gasteiger partial charge in [0.25, 0.3) is 0 Å². The molecule has 2 aromatic rings. The van der Waals surface area contributed by atoms with Crippen molar-refractivity contribution in [3.05, 3.63) is 38.1 Å². The van der Waals surface area contributed by atoms with Gasteiger partial charge in [0.2, 0.25) is 5.56 Å². The Kier molecular flexibility index (Phi) is 3.97. The number of aryl methyl sites for hydroxylation is 3. The van der Waals surface area contributed by atoms with Crippen LogP contribution in [-0.2, 0) is 12.8 Å². The van der Waals surface area contributed by atoms with E-state index in [0.29, 0.717) is 0 Å². The minimum absolute atomic E-state index is 0.0350. The van der Waals surface area contributed by atoms with Gasteiger partial charge in [-0.25, -0.2) is 4.98 Å². The molecule has 2 heterocycles. The lowest BCUT2D eigenvalue weighted by Crippen LogP contribution is -2.08. The first kappa shape index (κ1) is 13.0. The Morgan fingerprint density at radius 1 is 1.33 bits per heavy atom. The van der Waals surface area contributed by atoms with Crippen molar-refractivity contribution in [2.24, 2.45) is 0 Å². The molecule has 4 heteroatoms.